The van der Waals surface area contributed by atoms with Crippen LogP contribution in [-0.2, 0) is 14.3 Å². The van der Waals surface area contributed by atoms with Crippen LogP contribution in [-0.4, -0.2) is 76.3 Å². The molecule has 1 fully saturated rings. The highest BCUT2D eigenvalue weighted by Crippen LogP contribution is 2.24. The van der Waals surface area contributed by atoms with Gasteiger partial charge in [0.15, 0.2) is 12.4 Å². The van der Waals surface area contributed by atoms with E-state index in [0.717, 1.165) is 11.8 Å². The molecule has 3 heterocycles. The van der Waals surface area contributed by atoms with Crippen molar-refractivity contribution in [1.29, 1.82) is 0 Å². The zero-order chi connectivity index (χ0) is 23.2. The molecule has 0 unspecified atom stereocenters. The van der Waals surface area contributed by atoms with Gasteiger partial charge in [0.1, 0.15) is 5.75 Å². The van der Waals surface area contributed by atoms with Crippen molar-refractivity contribution in [2.75, 3.05) is 38.5 Å². The van der Waals surface area contributed by atoms with Crippen LogP contribution in [0.4, 0.5) is 0 Å². The molecule has 1 saturated heterocycles. The largest absolute Gasteiger partial charge is 0.459 e. The zero-order valence-electron chi connectivity index (χ0n) is 17.3. The summed E-state index contributed by atoms with van der Waals surface area (Å²) in [4.78, 5) is 39.8. The maximum Gasteiger partial charge on any atom is 0.316 e. The number of nitrogens with zero attached hydrogens (tertiary/aromatic N) is 4. The lowest BCUT2D eigenvalue weighted by molar-refractivity contribution is -0.150. The number of amides is 2. The first-order valence-electron chi connectivity index (χ1n) is 9.98. The molecule has 0 spiro atoms. The van der Waals surface area contributed by atoms with Crippen LogP contribution in [0.5, 0.6) is 0 Å². The summed E-state index contributed by atoms with van der Waals surface area (Å²) in [6.07, 6.45) is 1.44. The number of ether oxygens (including phenoxy) is 1. The van der Waals surface area contributed by atoms with Gasteiger partial charge in [0.25, 0.3) is 17.0 Å². The van der Waals surface area contributed by atoms with Gasteiger partial charge in [-0.3, -0.25) is 14.4 Å². The molecule has 0 N–H and O–H groups in total. The van der Waals surface area contributed by atoms with Crippen LogP contribution in [0.15, 0.2) is 56.7 Å². The number of carbonyl (C=O) groups excluding carboxylic acids is 3. The summed E-state index contributed by atoms with van der Waals surface area (Å²) in [6.45, 7) is 1.09. The molecule has 10 nitrogen and oxygen atoms in total. The molecule has 0 aliphatic carbocycles. The number of furan rings is 1. The normalized spacial score (nSPS) is 13.7. The summed E-state index contributed by atoms with van der Waals surface area (Å²) >= 11 is 6.88. The summed E-state index contributed by atoms with van der Waals surface area (Å²) in [5.41, 5.74) is 0.706. The molecule has 1 aliphatic rings. The second kappa shape index (κ2) is 10.5. The molecule has 0 radical (unpaired) electrons. The number of benzene rings is 1. The average Bonchev–Trinajstić information content (AvgIpc) is 3.54. The Kier molecular flexibility index (Phi) is 7.30. The third-order valence-corrected chi connectivity index (χ3v) is 5.86. The number of aromatic nitrogens is 2. The maximum absolute atomic E-state index is 12.3. The highest BCUT2D eigenvalue weighted by Gasteiger charge is 2.26. The first-order valence-corrected chi connectivity index (χ1v) is 11.3. The molecule has 0 bridgehead atoms. The Morgan fingerprint density at radius 2 is 1.76 bits per heavy atom. The Balaban J connectivity index is 1.17. The van der Waals surface area contributed by atoms with E-state index in [1.165, 1.54) is 6.26 Å². The van der Waals surface area contributed by atoms with Crippen molar-refractivity contribution in [3.63, 3.8) is 0 Å². The Bertz CT molecular complexity index is 1110. The summed E-state index contributed by atoms with van der Waals surface area (Å²) < 4.78 is 15.7. The monoisotopic (exact) mass is 490 g/mol. The molecule has 4 rings (SSSR count). The van der Waals surface area contributed by atoms with Crippen molar-refractivity contribution in [1.82, 2.24) is 20.0 Å². The first kappa shape index (κ1) is 22.9. The summed E-state index contributed by atoms with van der Waals surface area (Å²) in [6, 6.07) is 10.2. The van der Waals surface area contributed by atoms with Gasteiger partial charge in [0, 0.05) is 36.8 Å². The Morgan fingerprint density at radius 1 is 1.03 bits per heavy atom. The molecule has 2 amide bonds. The van der Waals surface area contributed by atoms with E-state index >= 15 is 0 Å². The lowest BCUT2D eigenvalue weighted by Gasteiger charge is -2.34. The molecule has 0 saturated carbocycles. The molecule has 12 heteroatoms. The fourth-order valence-corrected chi connectivity index (χ4v) is 3.78. The lowest BCUT2D eigenvalue weighted by Crippen LogP contribution is -2.51. The van der Waals surface area contributed by atoms with Gasteiger partial charge in [0.05, 0.1) is 6.26 Å². The minimum atomic E-state index is -0.578. The van der Waals surface area contributed by atoms with Crippen LogP contribution in [0.2, 0.25) is 5.02 Å². The number of hydrogen-bond donors (Lipinski definition) is 0. The van der Waals surface area contributed by atoms with Crippen molar-refractivity contribution in [2.45, 2.75) is 5.22 Å². The minimum absolute atomic E-state index is 0.0824. The van der Waals surface area contributed by atoms with Crippen LogP contribution in [0.3, 0.4) is 0 Å². The SMILES string of the molecule is O=C(CSc1nnc(-c2ccc(Cl)cc2)o1)OCC(=O)N1CCN(C(=O)c2ccco2)CC1. The molecule has 0 atom stereocenters. The van der Waals surface area contributed by atoms with Gasteiger partial charge < -0.3 is 23.4 Å². The van der Waals surface area contributed by atoms with E-state index in [1.54, 1.807) is 46.2 Å². The highest BCUT2D eigenvalue weighted by molar-refractivity contribution is 7.99. The van der Waals surface area contributed by atoms with Gasteiger partial charge in [-0.2, -0.15) is 0 Å². The lowest BCUT2D eigenvalue weighted by atomic mass is 10.2. The van der Waals surface area contributed by atoms with Gasteiger partial charge in [-0.15, -0.1) is 10.2 Å². The van der Waals surface area contributed by atoms with E-state index in [1.807, 2.05) is 0 Å². The van der Waals surface area contributed by atoms with Crippen molar-refractivity contribution in [2.24, 2.45) is 0 Å². The van der Waals surface area contributed by atoms with Crippen LogP contribution >= 0.6 is 23.4 Å². The van der Waals surface area contributed by atoms with Crippen LogP contribution in [0, 0.1) is 0 Å². The van der Waals surface area contributed by atoms with Crippen molar-refractivity contribution >= 4 is 41.1 Å². The number of hydrogen-bond acceptors (Lipinski definition) is 9. The van der Waals surface area contributed by atoms with E-state index in [4.69, 9.17) is 25.2 Å². The molecule has 3 aromatic rings. The van der Waals surface area contributed by atoms with Gasteiger partial charge in [0.2, 0.25) is 5.89 Å². The van der Waals surface area contributed by atoms with E-state index in [0.29, 0.717) is 42.7 Å². The van der Waals surface area contributed by atoms with Crippen molar-refractivity contribution in [3.8, 4) is 11.5 Å². The topological polar surface area (TPSA) is 119 Å². The third-order valence-electron chi connectivity index (χ3n) is 4.82. The summed E-state index contributed by atoms with van der Waals surface area (Å²) in [7, 11) is 0. The number of carbonyl (C=O) groups is 3. The van der Waals surface area contributed by atoms with Crippen LogP contribution in [0.25, 0.3) is 11.5 Å². The van der Waals surface area contributed by atoms with Gasteiger partial charge in [-0.1, -0.05) is 23.4 Å². The first-order chi connectivity index (χ1) is 16.0. The number of esters is 1. The third kappa shape index (κ3) is 5.93. The van der Waals surface area contributed by atoms with E-state index < -0.39 is 5.97 Å². The fraction of sp³-hybridized carbons (Fsp3) is 0.286. The molecule has 1 aromatic carbocycles. The fourth-order valence-electron chi connectivity index (χ4n) is 3.09. The van der Waals surface area contributed by atoms with Crippen molar-refractivity contribution in [3.05, 3.63) is 53.4 Å². The smallest absolute Gasteiger partial charge is 0.316 e. The standard InChI is InChI=1S/C21H19ClN4O6S/c22-15-5-3-14(4-6-15)19-23-24-21(32-19)33-13-18(28)31-12-17(27)25-7-9-26(10-8-25)20(29)16-2-1-11-30-16/h1-6,11H,7-10,12-13H2. The molecule has 2 aromatic heterocycles. The molecular weight excluding hydrogens is 472 g/mol. The minimum Gasteiger partial charge on any atom is -0.459 e. The van der Waals surface area contributed by atoms with Gasteiger partial charge >= 0.3 is 5.97 Å². The maximum atomic E-state index is 12.3. The molecule has 33 heavy (non-hydrogen) atoms. The van der Waals surface area contributed by atoms with Crippen molar-refractivity contribution < 1.29 is 28.0 Å². The number of halogens is 1. The van der Waals surface area contributed by atoms with E-state index in [9.17, 15) is 14.4 Å². The zero-order valence-corrected chi connectivity index (χ0v) is 18.9. The quantitative estimate of drug-likeness (QED) is 0.363. The molecule has 1 aliphatic heterocycles. The predicted molar refractivity (Wildman–Crippen MR) is 118 cm³/mol. The molecule has 172 valence electrons. The van der Waals surface area contributed by atoms with Crippen LogP contribution in [0.1, 0.15) is 10.6 Å². The van der Waals surface area contributed by atoms with E-state index in [2.05, 4.69) is 10.2 Å². The predicted octanol–water partition coefficient (Wildman–Crippen LogP) is 2.60. The highest BCUT2D eigenvalue weighted by atomic mass is 35.5. The number of thioether (sulfide) groups is 1. The Morgan fingerprint density at radius 3 is 2.45 bits per heavy atom. The second-order valence-electron chi connectivity index (χ2n) is 6.98. The number of rotatable bonds is 7. The van der Waals surface area contributed by atoms with Crippen LogP contribution < -0.4 is 0 Å². The Hall–Kier alpha value is -3.31. The summed E-state index contributed by atoms with van der Waals surface area (Å²) in [5.74, 6) is -0.616. The second-order valence-corrected chi connectivity index (χ2v) is 8.34. The van der Waals surface area contributed by atoms with Gasteiger partial charge in [-0.05, 0) is 36.4 Å². The van der Waals surface area contributed by atoms with Gasteiger partial charge in [-0.25, -0.2) is 0 Å². The Labute approximate surface area is 197 Å². The summed E-state index contributed by atoms with van der Waals surface area (Å²) in [5, 5.41) is 8.62. The molecular formula is C21H19ClN4O6S. The average molecular weight is 491 g/mol. The number of piperazine rings is 1. The van der Waals surface area contributed by atoms with E-state index in [-0.39, 0.29) is 35.2 Å².